The van der Waals surface area contributed by atoms with Crippen LogP contribution >= 0.6 is 0 Å². The van der Waals surface area contributed by atoms with Gasteiger partial charge in [-0.25, -0.2) is 0 Å². The van der Waals surface area contributed by atoms with Gasteiger partial charge in [0, 0.05) is 17.8 Å². The number of benzene rings is 1. The Hall–Kier alpha value is -2.93. The molecule has 112 valence electrons. The molecule has 0 fully saturated rings. The molecule has 0 bridgehead atoms. The van der Waals surface area contributed by atoms with Gasteiger partial charge in [0.1, 0.15) is 11.3 Å². The molecule has 0 atom stereocenters. The van der Waals surface area contributed by atoms with E-state index in [1.165, 1.54) is 12.3 Å². The molecule has 1 aliphatic heterocycles. The van der Waals surface area contributed by atoms with Crippen molar-refractivity contribution >= 4 is 28.5 Å². The molecule has 1 aromatic carbocycles. The Morgan fingerprint density at radius 3 is 2.77 bits per heavy atom. The van der Waals surface area contributed by atoms with E-state index >= 15 is 0 Å². The summed E-state index contributed by atoms with van der Waals surface area (Å²) in [6.07, 6.45) is 2.47. The highest BCUT2D eigenvalue weighted by atomic mass is 16.3. The number of carbonyl (C=O) groups is 2. The maximum atomic E-state index is 12.0. The van der Waals surface area contributed by atoms with Crippen molar-refractivity contribution in [2.45, 2.75) is 0 Å². The first-order valence-corrected chi connectivity index (χ1v) is 6.57. The summed E-state index contributed by atoms with van der Waals surface area (Å²) in [5.41, 5.74) is 0.819. The normalized spacial score (nSPS) is 14.6. The predicted octanol–water partition coefficient (Wildman–Crippen LogP) is 0.450. The van der Waals surface area contributed by atoms with Crippen molar-refractivity contribution in [3.05, 3.63) is 52.5 Å². The number of aliphatic hydroxyl groups excluding tert-OH is 1. The molecule has 0 saturated carbocycles. The van der Waals surface area contributed by atoms with Crippen molar-refractivity contribution in [2.24, 2.45) is 0 Å². The number of anilines is 1. The molecule has 2 amide bonds. The molecule has 2 heterocycles. The number of hydrogen-bond donors (Lipinski definition) is 2. The average Bonchev–Trinajstić information content (AvgIpc) is 2.76. The van der Waals surface area contributed by atoms with Crippen LogP contribution in [0.15, 0.2) is 51.5 Å². The summed E-state index contributed by atoms with van der Waals surface area (Å²) in [5, 5.41) is 12.0. The number of hydrogen-bond acceptors (Lipinski definition) is 6. The van der Waals surface area contributed by atoms with Crippen LogP contribution < -0.4 is 10.7 Å². The quantitative estimate of drug-likeness (QED) is 0.795. The van der Waals surface area contributed by atoms with Crippen LogP contribution in [0.1, 0.15) is 0 Å². The number of nitrogens with zero attached hydrogens (tertiary/aromatic N) is 1. The maximum absolute atomic E-state index is 12.0. The molecular formula is C15H12N2O5. The molecular weight excluding hydrogens is 288 g/mol. The van der Waals surface area contributed by atoms with Crippen LogP contribution in [-0.2, 0) is 9.59 Å². The lowest BCUT2D eigenvalue weighted by Crippen LogP contribution is -2.34. The minimum Gasteiger partial charge on any atom is -0.464 e. The lowest BCUT2D eigenvalue weighted by Gasteiger charge is -2.13. The van der Waals surface area contributed by atoms with E-state index in [0.717, 1.165) is 11.0 Å². The van der Waals surface area contributed by atoms with Crippen LogP contribution in [0.4, 0.5) is 5.69 Å². The van der Waals surface area contributed by atoms with Crippen LogP contribution in [0.3, 0.4) is 0 Å². The van der Waals surface area contributed by atoms with E-state index in [4.69, 9.17) is 9.52 Å². The predicted molar refractivity (Wildman–Crippen MR) is 78.0 cm³/mol. The fourth-order valence-electron chi connectivity index (χ4n) is 2.23. The third-order valence-electron chi connectivity index (χ3n) is 3.27. The lowest BCUT2D eigenvalue weighted by atomic mass is 10.2. The first kappa shape index (κ1) is 14.0. The van der Waals surface area contributed by atoms with Crippen molar-refractivity contribution in [3.8, 4) is 0 Å². The van der Waals surface area contributed by atoms with Gasteiger partial charge in [0.15, 0.2) is 5.43 Å². The van der Waals surface area contributed by atoms with Gasteiger partial charge in [-0.1, -0.05) is 0 Å². The van der Waals surface area contributed by atoms with Crippen LogP contribution in [0, 0.1) is 0 Å². The maximum Gasteiger partial charge on any atom is 0.277 e. The Labute approximate surface area is 124 Å². The van der Waals surface area contributed by atoms with Gasteiger partial charge in [0.2, 0.25) is 0 Å². The highest BCUT2D eigenvalue weighted by molar-refractivity contribution is 6.17. The number of amides is 2. The second-order valence-corrected chi connectivity index (χ2v) is 4.70. The summed E-state index contributed by atoms with van der Waals surface area (Å²) in [6, 6.07) is 6.10. The van der Waals surface area contributed by atoms with Crippen molar-refractivity contribution < 1.29 is 19.1 Å². The number of carbonyl (C=O) groups excluding carboxylic acids is 2. The molecule has 0 spiro atoms. The topological polar surface area (TPSA) is 99.8 Å². The van der Waals surface area contributed by atoms with E-state index in [-0.39, 0.29) is 24.3 Å². The molecule has 22 heavy (non-hydrogen) atoms. The highest BCUT2D eigenvalue weighted by Gasteiger charge is 2.30. The van der Waals surface area contributed by atoms with Crippen LogP contribution in [0.2, 0.25) is 0 Å². The molecule has 3 rings (SSSR count). The van der Waals surface area contributed by atoms with E-state index in [1.807, 2.05) is 0 Å². The molecule has 1 aromatic heterocycles. The molecule has 2 aromatic rings. The van der Waals surface area contributed by atoms with Crippen LogP contribution in [-0.4, -0.2) is 35.0 Å². The smallest absolute Gasteiger partial charge is 0.277 e. The van der Waals surface area contributed by atoms with Gasteiger partial charge >= 0.3 is 0 Å². The Morgan fingerprint density at radius 1 is 1.18 bits per heavy atom. The van der Waals surface area contributed by atoms with Gasteiger partial charge in [0.25, 0.3) is 11.8 Å². The van der Waals surface area contributed by atoms with E-state index < -0.39 is 11.8 Å². The molecule has 7 nitrogen and oxygen atoms in total. The summed E-state index contributed by atoms with van der Waals surface area (Å²) in [7, 11) is 0. The first-order valence-electron chi connectivity index (χ1n) is 6.57. The number of imide groups is 1. The summed E-state index contributed by atoms with van der Waals surface area (Å²) in [4.78, 5) is 36.4. The van der Waals surface area contributed by atoms with Gasteiger partial charge in [-0.3, -0.25) is 19.3 Å². The Bertz CT molecular complexity index is 852. The second kappa shape index (κ2) is 5.45. The lowest BCUT2D eigenvalue weighted by molar-refractivity contribution is -0.137. The number of fused-ring (bicyclic) bond motifs is 1. The summed E-state index contributed by atoms with van der Waals surface area (Å²) in [5.74, 6) is -0.999. The molecule has 0 unspecified atom stereocenters. The molecule has 2 N–H and O–H groups in total. The Kier molecular flexibility index (Phi) is 3.48. The molecule has 1 aliphatic rings. The fourth-order valence-corrected chi connectivity index (χ4v) is 2.23. The van der Waals surface area contributed by atoms with Gasteiger partial charge < -0.3 is 14.8 Å². The number of aliphatic hydroxyl groups is 1. The number of rotatable bonds is 4. The van der Waals surface area contributed by atoms with Crippen molar-refractivity contribution in [1.29, 1.82) is 0 Å². The monoisotopic (exact) mass is 300 g/mol. The van der Waals surface area contributed by atoms with Crippen molar-refractivity contribution in [1.82, 2.24) is 4.90 Å². The fraction of sp³-hybridized carbons (Fsp3) is 0.133. The van der Waals surface area contributed by atoms with Gasteiger partial charge in [-0.2, -0.15) is 0 Å². The second-order valence-electron chi connectivity index (χ2n) is 4.70. The third-order valence-corrected chi connectivity index (χ3v) is 3.27. The number of β-amino-alcohol motifs (C(OH)–C–C–N with tert-alkyl or cyclic N) is 1. The van der Waals surface area contributed by atoms with Gasteiger partial charge in [-0.05, 0) is 18.2 Å². The summed E-state index contributed by atoms with van der Waals surface area (Å²) in [6.45, 7) is -0.351. The van der Waals surface area contributed by atoms with E-state index in [0.29, 0.717) is 16.7 Å². The Balaban J connectivity index is 1.89. The molecule has 0 aliphatic carbocycles. The van der Waals surface area contributed by atoms with Gasteiger partial charge in [0.05, 0.1) is 24.8 Å². The van der Waals surface area contributed by atoms with E-state index in [1.54, 1.807) is 18.2 Å². The van der Waals surface area contributed by atoms with E-state index in [2.05, 4.69) is 5.32 Å². The zero-order valence-electron chi connectivity index (χ0n) is 11.4. The molecule has 7 heteroatoms. The Morgan fingerprint density at radius 2 is 2.00 bits per heavy atom. The van der Waals surface area contributed by atoms with Crippen molar-refractivity contribution in [3.63, 3.8) is 0 Å². The molecule has 0 radical (unpaired) electrons. The molecule has 0 saturated heterocycles. The summed E-state index contributed by atoms with van der Waals surface area (Å²) >= 11 is 0. The third kappa shape index (κ3) is 2.38. The average molecular weight is 300 g/mol. The van der Waals surface area contributed by atoms with Crippen LogP contribution in [0.5, 0.6) is 0 Å². The standard InChI is InChI=1S/C15H12N2O5/c18-5-4-17-14(20)8-11(15(17)21)16-9-1-2-13-10(7-9)12(19)3-6-22-13/h1-3,6-8,16,18H,4-5H2. The van der Waals surface area contributed by atoms with Gasteiger partial charge in [-0.15, -0.1) is 0 Å². The zero-order chi connectivity index (χ0) is 15.7. The SMILES string of the molecule is O=C1C=C(Nc2ccc3occc(=O)c3c2)C(=O)N1CCO. The minimum atomic E-state index is -0.515. The van der Waals surface area contributed by atoms with E-state index in [9.17, 15) is 14.4 Å². The van der Waals surface area contributed by atoms with Crippen LogP contribution in [0.25, 0.3) is 11.0 Å². The minimum absolute atomic E-state index is 0.0549. The first-order chi connectivity index (χ1) is 10.6. The largest absolute Gasteiger partial charge is 0.464 e. The highest BCUT2D eigenvalue weighted by Crippen LogP contribution is 2.20. The number of nitrogens with one attached hydrogen (secondary N) is 1. The zero-order valence-corrected chi connectivity index (χ0v) is 11.4. The summed E-state index contributed by atoms with van der Waals surface area (Å²) < 4.78 is 5.21. The van der Waals surface area contributed by atoms with Crippen molar-refractivity contribution in [2.75, 3.05) is 18.5 Å².